The first kappa shape index (κ1) is 15.0. The van der Waals surface area contributed by atoms with E-state index in [1.54, 1.807) is 0 Å². The number of methoxy groups -OCH3 is 1. The smallest absolute Gasteiger partial charge is 0.340 e. The maximum absolute atomic E-state index is 12.5. The summed E-state index contributed by atoms with van der Waals surface area (Å²) in [4.78, 5) is 15.5. The molecule has 6 heteroatoms. The molecular weight excluding hydrogens is 278 g/mol. The van der Waals surface area contributed by atoms with Crippen LogP contribution in [0.25, 0.3) is 0 Å². The summed E-state index contributed by atoms with van der Waals surface area (Å²) >= 11 is 0. The van der Waals surface area contributed by atoms with Crippen molar-refractivity contribution in [1.82, 2.24) is 4.98 Å². The van der Waals surface area contributed by atoms with Crippen molar-refractivity contribution >= 4 is 15.8 Å². The highest BCUT2D eigenvalue weighted by Gasteiger charge is 2.28. The molecule has 0 saturated heterocycles. The van der Waals surface area contributed by atoms with Crippen LogP contribution in [0, 0.1) is 5.92 Å². The summed E-state index contributed by atoms with van der Waals surface area (Å²) in [6.45, 7) is 0. The van der Waals surface area contributed by atoms with E-state index in [0.29, 0.717) is 0 Å². The number of carbonyl (C=O) groups is 1. The van der Waals surface area contributed by atoms with Gasteiger partial charge in [0.05, 0.1) is 18.4 Å². The average molecular weight is 297 g/mol. The minimum absolute atomic E-state index is 0.0193. The minimum atomic E-state index is -3.56. The molecule has 1 aromatic heterocycles. The van der Waals surface area contributed by atoms with E-state index in [0.717, 1.165) is 25.7 Å². The molecule has 1 aliphatic rings. The Morgan fingerprint density at radius 3 is 2.70 bits per heavy atom. The number of rotatable bonds is 4. The maximum atomic E-state index is 12.5. The molecule has 0 aromatic carbocycles. The number of sulfone groups is 1. The first-order chi connectivity index (χ1) is 9.54. The van der Waals surface area contributed by atoms with Crippen LogP contribution in [0.15, 0.2) is 23.4 Å². The number of pyridine rings is 1. The molecule has 0 spiro atoms. The van der Waals surface area contributed by atoms with Gasteiger partial charge < -0.3 is 4.74 Å². The van der Waals surface area contributed by atoms with Crippen molar-refractivity contribution in [1.29, 1.82) is 0 Å². The van der Waals surface area contributed by atoms with Crippen molar-refractivity contribution in [3.05, 3.63) is 23.9 Å². The SMILES string of the molecule is COC(=O)c1cccnc1S(=O)(=O)CC1CCCCC1. The van der Waals surface area contributed by atoms with Crippen molar-refractivity contribution in [2.24, 2.45) is 5.92 Å². The van der Waals surface area contributed by atoms with Crippen molar-refractivity contribution in [2.45, 2.75) is 37.1 Å². The number of hydrogen-bond donors (Lipinski definition) is 0. The van der Waals surface area contributed by atoms with E-state index in [2.05, 4.69) is 9.72 Å². The average Bonchev–Trinajstić information content (AvgIpc) is 2.47. The molecule has 2 rings (SSSR count). The van der Waals surface area contributed by atoms with Crippen molar-refractivity contribution < 1.29 is 17.9 Å². The summed E-state index contributed by atoms with van der Waals surface area (Å²) in [6, 6.07) is 2.97. The zero-order valence-corrected chi connectivity index (χ0v) is 12.4. The topological polar surface area (TPSA) is 73.3 Å². The zero-order valence-electron chi connectivity index (χ0n) is 11.5. The van der Waals surface area contributed by atoms with Crippen LogP contribution in [0.5, 0.6) is 0 Å². The van der Waals surface area contributed by atoms with Gasteiger partial charge in [-0.15, -0.1) is 0 Å². The van der Waals surface area contributed by atoms with Crippen LogP contribution in [0.2, 0.25) is 0 Å². The summed E-state index contributed by atoms with van der Waals surface area (Å²) in [7, 11) is -2.33. The molecule has 1 aromatic rings. The summed E-state index contributed by atoms with van der Waals surface area (Å²) < 4.78 is 29.6. The third-order valence-corrected chi connectivity index (χ3v) is 5.48. The molecule has 0 radical (unpaired) electrons. The molecule has 1 aliphatic carbocycles. The zero-order chi connectivity index (χ0) is 14.6. The standard InChI is InChI=1S/C14H19NO4S/c1-19-14(16)12-8-5-9-15-13(12)20(17,18)10-11-6-3-2-4-7-11/h5,8-9,11H,2-4,6-7,10H2,1H3. The highest BCUT2D eigenvalue weighted by atomic mass is 32.2. The van der Waals surface area contributed by atoms with Gasteiger partial charge in [0.25, 0.3) is 0 Å². The second-order valence-corrected chi connectivity index (χ2v) is 7.08. The lowest BCUT2D eigenvalue weighted by Gasteiger charge is -2.21. The molecule has 0 atom stereocenters. The van der Waals surface area contributed by atoms with E-state index >= 15 is 0 Å². The lowest BCUT2D eigenvalue weighted by atomic mass is 9.91. The third kappa shape index (κ3) is 3.36. The Morgan fingerprint density at radius 1 is 1.35 bits per heavy atom. The van der Waals surface area contributed by atoms with Gasteiger partial charge in [0, 0.05) is 6.20 Å². The molecule has 0 bridgehead atoms. The molecular formula is C14H19NO4S. The largest absolute Gasteiger partial charge is 0.465 e. The fraction of sp³-hybridized carbons (Fsp3) is 0.571. The lowest BCUT2D eigenvalue weighted by Crippen LogP contribution is -2.22. The van der Waals surface area contributed by atoms with Crippen LogP contribution < -0.4 is 0 Å². The first-order valence-electron chi connectivity index (χ1n) is 6.80. The Bertz CT molecular complexity index is 577. The van der Waals surface area contributed by atoms with Gasteiger partial charge in [-0.1, -0.05) is 19.3 Å². The van der Waals surface area contributed by atoms with Crippen molar-refractivity contribution in [3.63, 3.8) is 0 Å². The fourth-order valence-corrected chi connectivity index (χ4v) is 4.47. The molecule has 0 aliphatic heterocycles. The van der Waals surface area contributed by atoms with E-state index in [-0.39, 0.29) is 22.3 Å². The van der Waals surface area contributed by atoms with Crippen LogP contribution in [0.3, 0.4) is 0 Å². The second-order valence-electron chi connectivity index (χ2n) is 5.13. The summed E-state index contributed by atoms with van der Waals surface area (Å²) in [5.74, 6) is -0.435. The van der Waals surface area contributed by atoms with E-state index < -0.39 is 15.8 Å². The van der Waals surface area contributed by atoms with Gasteiger partial charge in [-0.2, -0.15) is 0 Å². The van der Waals surface area contributed by atoms with E-state index in [1.165, 1.54) is 31.9 Å². The Hall–Kier alpha value is -1.43. The number of nitrogens with zero attached hydrogens (tertiary/aromatic N) is 1. The number of hydrogen-bond acceptors (Lipinski definition) is 5. The number of ether oxygens (including phenoxy) is 1. The van der Waals surface area contributed by atoms with Crippen molar-refractivity contribution in [3.8, 4) is 0 Å². The maximum Gasteiger partial charge on any atom is 0.340 e. The van der Waals surface area contributed by atoms with E-state index in [4.69, 9.17) is 0 Å². The molecule has 0 N–H and O–H groups in total. The van der Waals surface area contributed by atoms with Gasteiger partial charge in [-0.25, -0.2) is 18.2 Å². The summed E-state index contributed by atoms with van der Waals surface area (Å²) in [5, 5.41) is -0.155. The molecule has 1 fully saturated rings. The Balaban J connectivity index is 2.27. The van der Waals surface area contributed by atoms with Gasteiger partial charge in [0.15, 0.2) is 14.9 Å². The van der Waals surface area contributed by atoms with Gasteiger partial charge in [0.1, 0.15) is 0 Å². The van der Waals surface area contributed by atoms with Crippen LogP contribution >= 0.6 is 0 Å². The van der Waals surface area contributed by atoms with Crippen LogP contribution in [0.1, 0.15) is 42.5 Å². The van der Waals surface area contributed by atoms with Gasteiger partial charge >= 0.3 is 5.97 Å². The number of esters is 1. The van der Waals surface area contributed by atoms with Crippen LogP contribution in [0.4, 0.5) is 0 Å². The lowest BCUT2D eigenvalue weighted by molar-refractivity contribution is 0.0595. The monoisotopic (exact) mass is 297 g/mol. The molecule has 110 valence electrons. The molecule has 20 heavy (non-hydrogen) atoms. The summed E-state index contributed by atoms with van der Waals surface area (Å²) in [6.07, 6.45) is 6.57. The van der Waals surface area contributed by atoms with E-state index in [9.17, 15) is 13.2 Å². The van der Waals surface area contributed by atoms with Crippen LogP contribution in [-0.2, 0) is 14.6 Å². The van der Waals surface area contributed by atoms with Crippen molar-refractivity contribution in [2.75, 3.05) is 12.9 Å². The minimum Gasteiger partial charge on any atom is -0.465 e. The molecule has 5 nitrogen and oxygen atoms in total. The highest BCUT2D eigenvalue weighted by Crippen LogP contribution is 2.27. The predicted molar refractivity (Wildman–Crippen MR) is 74.2 cm³/mol. The number of aromatic nitrogens is 1. The first-order valence-corrected chi connectivity index (χ1v) is 8.46. The molecule has 1 heterocycles. The fourth-order valence-electron chi connectivity index (χ4n) is 2.65. The Kier molecular flexibility index (Phi) is 4.75. The summed E-state index contributed by atoms with van der Waals surface area (Å²) in [5.41, 5.74) is 0.0193. The Labute approximate surface area is 119 Å². The molecule has 0 amide bonds. The van der Waals surface area contributed by atoms with Gasteiger partial charge in [0.2, 0.25) is 0 Å². The number of carbonyl (C=O) groups excluding carboxylic acids is 1. The predicted octanol–water partition coefficient (Wildman–Crippen LogP) is 2.22. The molecule has 1 saturated carbocycles. The third-order valence-electron chi connectivity index (χ3n) is 3.65. The Morgan fingerprint density at radius 2 is 2.05 bits per heavy atom. The van der Waals surface area contributed by atoms with Crippen LogP contribution in [-0.4, -0.2) is 32.2 Å². The van der Waals surface area contributed by atoms with E-state index in [1.807, 2.05) is 0 Å². The molecule has 0 unspecified atom stereocenters. The van der Waals surface area contributed by atoms with Gasteiger partial charge in [-0.3, -0.25) is 0 Å². The normalized spacial score (nSPS) is 16.9. The highest BCUT2D eigenvalue weighted by molar-refractivity contribution is 7.91. The second kappa shape index (κ2) is 6.35. The quantitative estimate of drug-likeness (QED) is 0.797. The van der Waals surface area contributed by atoms with Gasteiger partial charge in [-0.05, 0) is 30.9 Å².